The summed E-state index contributed by atoms with van der Waals surface area (Å²) in [5.74, 6) is 0. The van der Waals surface area contributed by atoms with E-state index in [2.05, 4.69) is 51.3 Å². The fraction of sp³-hybridized carbons (Fsp3) is 0.429. The van der Waals surface area contributed by atoms with E-state index in [4.69, 9.17) is 0 Å². The van der Waals surface area contributed by atoms with Gasteiger partial charge in [-0.25, -0.2) is 0 Å². The highest BCUT2D eigenvalue weighted by atomic mass is 32.1. The van der Waals surface area contributed by atoms with Crippen LogP contribution < -0.4 is 0 Å². The van der Waals surface area contributed by atoms with Crippen LogP contribution in [-0.4, -0.2) is 0 Å². The van der Waals surface area contributed by atoms with Crippen LogP contribution in [0.5, 0.6) is 0 Å². The maximum atomic E-state index is 2.32. The van der Waals surface area contributed by atoms with Gasteiger partial charge in [0.1, 0.15) is 0 Å². The zero-order valence-electron chi connectivity index (χ0n) is 9.92. The Morgan fingerprint density at radius 2 is 1.93 bits per heavy atom. The zero-order chi connectivity index (χ0) is 11.1. The van der Waals surface area contributed by atoms with Crippen LogP contribution in [0.4, 0.5) is 0 Å². The standard InChI is InChI=1S/C14H18S/c1-10-6-5-7-12-13(10)11(9-15-12)8-14(2,3)4/h5-7,9H,8H2,1-4H3. The Balaban J connectivity index is 2.53. The summed E-state index contributed by atoms with van der Waals surface area (Å²) in [5.41, 5.74) is 3.30. The average molecular weight is 218 g/mol. The maximum absolute atomic E-state index is 2.32. The van der Waals surface area contributed by atoms with Gasteiger partial charge in [0, 0.05) is 4.70 Å². The smallest absolute Gasteiger partial charge is 0.0348 e. The van der Waals surface area contributed by atoms with Gasteiger partial charge in [0.2, 0.25) is 0 Å². The third-order valence-electron chi connectivity index (χ3n) is 2.60. The van der Waals surface area contributed by atoms with Gasteiger partial charge in [-0.3, -0.25) is 0 Å². The predicted molar refractivity (Wildman–Crippen MR) is 69.7 cm³/mol. The van der Waals surface area contributed by atoms with E-state index in [1.54, 1.807) is 0 Å². The molecule has 0 aliphatic heterocycles. The van der Waals surface area contributed by atoms with Crippen LogP contribution in [0.2, 0.25) is 0 Å². The van der Waals surface area contributed by atoms with Gasteiger partial charge >= 0.3 is 0 Å². The van der Waals surface area contributed by atoms with E-state index in [-0.39, 0.29) is 0 Å². The van der Waals surface area contributed by atoms with Gasteiger partial charge in [0.15, 0.2) is 0 Å². The summed E-state index contributed by atoms with van der Waals surface area (Å²) in [7, 11) is 0. The Kier molecular flexibility index (Phi) is 2.59. The number of benzene rings is 1. The first-order valence-corrected chi connectivity index (χ1v) is 6.31. The molecular formula is C14H18S. The number of hydrogen-bond acceptors (Lipinski definition) is 1. The van der Waals surface area contributed by atoms with Crippen molar-refractivity contribution in [1.82, 2.24) is 0 Å². The van der Waals surface area contributed by atoms with Gasteiger partial charge < -0.3 is 0 Å². The summed E-state index contributed by atoms with van der Waals surface area (Å²) in [6, 6.07) is 6.58. The molecular weight excluding hydrogens is 200 g/mol. The minimum atomic E-state index is 0.371. The first kappa shape index (κ1) is 10.7. The molecule has 0 amide bonds. The van der Waals surface area contributed by atoms with Gasteiger partial charge in [0.25, 0.3) is 0 Å². The third kappa shape index (κ3) is 2.23. The molecule has 0 N–H and O–H groups in total. The second kappa shape index (κ2) is 3.64. The van der Waals surface area contributed by atoms with Crippen molar-refractivity contribution in [2.45, 2.75) is 34.1 Å². The molecule has 1 heteroatoms. The van der Waals surface area contributed by atoms with E-state index < -0.39 is 0 Å². The molecule has 0 spiro atoms. The lowest BCUT2D eigenvalue weighted by molar-refractivity contribution is 0.413. The average Bonchev–Trinajstić information content (AvgIpc) is 2.47. The van der Waals surface area contributed by atoms with E-state index in [0.29, 0.717) is 5.41 Å². The molecule has 1 heterocycles. The van der Waals surface area contributed by atoms with E-state index in [1.165, 1.54) is 21.2 Å². The van der Waals surface area contributed by atoms with Crippen LogP contribution in [0, 0.1) is 12.3 Å². The van der Waals surface area contributed by atoms with Crippen LogP contribution >= 0.6 is 11.3 Å². The van der Waals surface area contributed by atoms with Crippen molar-refractivity contribution in [3.8, 4) is 0 Å². The monoisotopic (exact) mass is 218 g/mol. The molecule has 0 radical (unpaired) electrons. The second-order valence-electron chi connectivity index (χ2n) is 5.45. The highest BCUT2D eigenvalue weighted by Gasteiger charge is 2.15. The van der Waals surface area contributed by atoms with Crippen LogP contribution in [0.25, 0.3) is 10.1 Å². The Hall–Kier alpha value is -0.820. The summed E-state index contributed by atoms with van der Waals surface area (Å²) in [4.78, 5) is 0. The van der Waals surface area contributed by atoms with Crippen molar-refractivity contribution in [1.29, 1.82) is 0 Å². The molecule has 1 aromatic carbocycles. The molecule has 2 rings (SSSR count). The van der Waals surface area contributed by atoms with E-state index in [1.807, 2.05) is 11.3 Å². The topological polar surface area (TPSA) is 0 Å². The number of rotatable bonds is 1. The van der Waals surface area contributed by atoms with E-state index in [0.717, 1.165) is 6.42 Å². The lowest BCUT2D eigenvalue weighted by atomic mass is 9.87. The summed E-state index contributed by atoms with van der Waals surface area (Å²) in [6.07, 6.45) is 1.16. The van der Waals surface area contributed by atoms with Gasteiger partial charge in [-0.2, -0.15) is 0 Å². The lowest BCUT2D eigenvalue weighted by Gasteiger charge is -2.17. The number of thiophene rings is 1. The van der Waals surface area contributed by atoms with Crippen LogP contribution in [0.1, 0.15) is 31.9 Å². The van der Waals surface area contributed by atoms with Crippen molar-refractivity contribution in [3.05, 3.63) is 34.7 Å². The highest BCUT2D eigenvalue weighted by Crippen LogP contribution is 2.32. The fourth-order valence-electron chi connectivity index (χ4n) is 2.05. The van der Waals surface area contributed by atoms with Gasteiger partial charge in [-0.05, 0) is 46.7 Å². The Labute approximate surface area is 95.9 Å². The fourth-order valence-corrected chi connectivity index (χ4v) is 3.08. The quantitative estimate of drug-likeness (QED) is 0.645. The summed E-state index contributed by atoms with van der Waals surface area (Å²) in [5, 5.41) is 3.81. The summed E-state index contributed by atoms with van der Waals surface area (Å²) in [6.45, 7) is 9.11. The van der Waals surface area contributed by atoms with Crippen molar-refractivity contribution in [2.75, 3.05) is 0 Å². The molecule has 80 valence electrons. The SMILES string of the molecule is Cc1cccc2scc(CC(C)(C)C)c12. The zero-order valence-corrected chi connectivity index (χ0v) is 10.7. The maximum Gasteiger partial charge on any atom is 0.0348 e. The molecule has 0 aliphatic carbocycles. The molecule has 0 nitrogen and oxygen atoms in total. The molecule has 0 aliphatic rings. The third-order valence-corrected chi connectivity index (χ3v) is 3.60. The van der Waals surface area contributed by atoms with E-state index in [9.17, 15) is 0 Å². The predicted octanol–water partition coefficient (Wildman–Crippen LogP) is 4.80. The molecule has 15 heavy (non-hydrogen) atoms. The Morgan fingerprint density at radius 3 is 2.60 bits per heavy atom. The van der Waals surface area contributed by atoms with Gasteiger partial charge in [-0.1, -0.05) is 32.9 Å². The Morgan fingerprint density at radius 1 is 1.20 bits per heavy atom. The van der Waals surface area contributed by atoms with E-state index >= 15 is 0 Å². The van der Waals surface area contributed by atoms with Crippen molar-refractivity contribution >= 4 is 21.4 Å². The Bertz CT molecular complexity index is 472. The number of hydrogen-bond donors (Lipinski definition) is 0. The molecule has 0 atom stereocenters. The first-order chi connectivity index (χ1) is 6.97. The number of aryl methyl sites for hydroxylation is 1. The second-order valence-corrected chi connectivity index (χ2v) is 6.36. The molecule has 0 bridgehead atoms. The van der Waals surface area contributed by atoms with Crippen molar-refractivity contribution in [3.63, 3.8) is 0 Å². The molecule has 0 fully saturated rings. The molecule has 1 aromatic heterocycles. The van der Waals surface area contributed by atoms with Gasteiger partial charge in [0.05, 0.1) is 0 Å². The summed E-state index contributed by atoms with van der Waals surface area (Å²) >= 11 is 1.87. The molecule has 2 aromatic rings. The number of fused-ring (bicyclic) bond motifs is 1. The lowest BCUT2D eigenvalue weighted by Crippen LogP contribution is -2.08. The molecule has 0 saturated heterocycles. The van der Waals surface area contributed by atoms with Gasteiger partial charge in [-0.15, -0.1) is 11.3 Å². The summed E-state index contributed by atoms with van der Waals surface area (Å²) < 4.78 is 1.43. The minimum absolute atomic E-state index is 0.371. The van der Waals surface area contributed by atoms with Crippen LogP contribution in [0.3, 0.4) is 0 Å². The minimum Gasteiger partial charge on any atom is -0.144 e. The molecule has 0 unspecified atom stereocenters. The first-order valence-electron chi connectivity index (χ1n) is 5.43. The highest BCUT2D eigenvalue weighted by molar-refractivity contribution is 7.17. The van der Waals surface area contributed by atoms with Crippen molar-refractivity contribution < 1.29 is 0 Å². The van der Waals surface area contributed by atoms with Crippen molar-refractivity contribution in [2.24, 2.45) is 5.41 Å². The largest absolute Gasteiger partial charge is 0.144 e. The molecule has 0 saturated carbocycles. The normalized spacial score (nSPS) is 12.3. The van der Waals surface area contributed by atoms with Crippen LogP contribution in [-0.2, 0) is 6.42 Å². The van der Waals surface area contributed by atoms with Crippen LogP contribution in [0.15, 0.2) is 23.6 Å².